The van der Waals surface area contributed by atoms with Crippen molar-refractivity contribution >= 4 is 23.4 Å². The summed E-state index contributed by atoms with van der Waals surface area (Å²) in [5.74, 6) is 0. The first-order chi connectivity index (χ1) is 5.15. The number of halogens is 1. The molecular weight excluding hydrogens is 176 g/mol. The van der Waals surface area contributed by atoms with Crippen LogP contribution in [0.1, 0.15) is 11.1 Å². The molecule has 0 aliphatic heterocycles. The maximum Gasteiger partial charge on any atom is 0.0438 e. The monoisotopic (exact) mass is 186 g/mol. The molecule has 0 atom stereocenters. The van der Waals surface area contributed by atoms with E-state index >= 15 is 0 Å². The van der Waals surface area contributed by atoms with E-state index in [1.807, 2.05) is 13.0 Å². The molecule has 0 saturated carbocycles. The normalized spacial score (nSPS) is 10.2. The lowest BCUT2D eigenvalue weighted by Gasteiger charge is -2.04. The molecule has 11 heavy (non-hydrogen) atoms. The lowest BCUT2D eigenvalue weighted by Crippen LogP contribution is -1.82. The van der Waals surface area contributed by atoms with Gasteiger partial charge in [-0.15, -0.1) is 11.8 Å². The van der Waals surface area contributed by atoms with Gasteiger partial charge in [0.05, 0.1) is 0 Å². The summed E-state index contributed by atoms with van der Waals surface area (Å²) in [6.45, 7) is 4.11. The predicted molar refractivity (Wildman–Crippen MR) is 52.7 cm³/mol. The second-order valence-electron chi connectivity index (χ2n) is 2.57. The zero-order chi connectivity index (χ0) is 8.43. The highest BCUT2D eigenvalue weighted by atomic mass is 35.5. The molecule has 60 valence electrons. The zero-order valence-electron chi connectivity index (χ0n) is 6.94. The van der Waals surface area contributed by atoms with Crippen molar-refractivity contribution in [3.05, 3.63) is 28.3 Å². The van der Waals surface area contributed by atoms with E-state index < -0.39 is 0 Å². The molecule has 2 heteroatoms. The molecule has 0 nitrogen and oxygen atoms in total. The van der Waals surface area contributed by atoms with Gasteiger partial charge in [-0.05, 0) is 43.4 Å². The Labute approximate surface area is 77.0 Å². The van der Waals surface area contributed by atoms with Crippen molar-refractivity contribution in [3.8, 4) is 0 Å². The number of rotatable bonds is 1. The number of hydrogen-bond acceptors (Lipinski definition) is 1. The van der Waals surface area contributed by atoms with Gasteiger partial charge in [0.1, 0.15) is 0 Å². The molecule has 0 spiro atoms. The molecule has 0 fully saturated rings. The highest BCUT2D eigenvalue weighted by Gasteiger charge is 2.00. The summed E-state index contributed by atoms with van der Waals surface area (Å²) in [5.41, 5.74) is 2.41. The Balaban J connectivity index is 3.21. The number of aryl methyl sites for hydroxylation is 2. The van der Waals surface area contributed by atoms with Crippen LogP contribution < -0.4 is 0 Å². The fourth-order valence-corrected chi connectivity index (χ4v) is 1.87. The average Bonchev–Trinajstić information content (AvgIpc) is 1.97. The summed E-state index contributed by atoms with van der Waals surface area (Å²) >= 11 is 7.69. The zero-order valence-corrected chi connectivity index (χ0v) is 8.51. The summed E-state index contributed by atoms with van der Waals surface area (Å²) in [5, 5.41) is 0.861. The van der Waals surface area contributed by atoms with Gasteiger partial charge in [-0.2, -0.15) is 0 Å². The largest absolute Gasteiger partial charge is 0.129 e. The van der Waals surface area contributed by atoms with Crippen LogP contribution in [0.5, 0.6) is 0 Å². The molecule has 1 rings (SSSR count). The third-order valence-electron chi connectivity index (χ3n) is 1.68. The second-order valence-corrected chi connectivity index (χ2v) is 3.83. The molecule has 0 aromatic heterocycles. The topological polar surface area (TPSA) is 0 Å². The second kappa shape index (κ2) is 3.51. The van der Waals surface area contributed by atoms with Crippen LogP contribution in [0.3, 0.4) is 0 Å². The van der Waals surface area contributed by atoms with Crippen LogP contribution in [0, 0.1) is 13.8 Å². The molecule has 0 radical (unpaired) electrons. The summed E-state index contributed by atoms with van der Waals surface area (Å²) < 4.78 is 0. The maximum atomic E-state index is 5.93. The van der Waals surface area contributed by atoms with Crippen molar-refractivity contribution in [1.29, 1.82) is 0 Å². The van der Waals surface area contributed by atoms with Crippen LogP contribution in [-0.2, 0) is 0 Å². The molecule has 0 amide bonds. The SMILES string of the molecule is CSc1cc(C)c(Cl)cc1C. The van der Waals surface area contributed by atoms with Gasteiger partial charge in [0.2, 0.25) is 0 Å². The molecule has 1 aromatic rings. The van der Waals surface area contributed by atoms with Gasteiger partial charge in [-0.1, -0.05) is 11.6 Å². The van der Waals surface area contributed by atoms with Crippen LogP contribution in [0.4, 0.5) is 0 Å². The molecule has 0 bridgehead atoms. The molecule has 1 aromatic carbocycles. The molecular formula is C9H11ClS. The number of thioether (sulfide) groups is 1. The Morgan fingerprint density at radius 1 is 1.18 bits per heavy atom. The highest BCUT2D eigenvalue weighted by molar-refractivity contribution is 7.98. The standard InChI is InChI=1S/C9H11ClS/c1-6-5-9(11-3)7(2)4-8(6)10/h4-5H,1-3H3. The Morgan fingerprint density at radius 2 is 1.82 bits per heavy atom. The average molecular weight is 187 g/mol. The van der Waals surface area contributed by atoms with E-state index in [4.69, 9.17) is 11.6 Å². The van der Waals surface area contributed by atoms with Crippen molar-refractivity contribution in [3.63, 3.8) is 0 Å². The number of benzene rings is 1. The maximum absolute atomic E-state index is 5.93. The minimum atomic E-state index is 0.861. The number of hydrogen-bond donors (Lipinski definition) is 0. The van der Waals surface area contributed by atoms with E-state index in [1.54, 1.807) is 11.8 Å². The van der Waals surface area contributed by atoms with Crippen molar-refractivity contribution in [2.45, 2.75) is 18.7 Å². The minimum absolute atomic E-state index is 0.861. The Hall–Kier alpha value is -0.140. The fraction of sp³-hybridized carbons (Fsp3) is 0.333. The van der Waals surface area contributed by atoms with Crippen molar-refractivity contribution in [2.75, 3.05) is 6.26 Å². The van der Waals surface area contributed by atoms with Gasteiger partial charge < -0.3 is 0 Å². The van der Waals surface area contributed by atoms with E-state index in [9.17, 15) is 0 Å². The van der Waals surface area contributed by atoms with Gasteiger partial charge in [0, 0.05) is 9.92 Å². The van der Waals surface area contributed by atoms with Crippen molar-refractivity contribution < 1.29 is 0 Å². The summed E-state index contributed by atoms with van der Waals surface area (Å²) in [6, 6.07) is 4.14. The molecule has 0 unspecified atom stereocenters. The van der Waals surface area contributed by atoms with Crippen LogP contribution in [0.2, 0.25) is 5.02 Å². The van der Waals surface area contributed by atoms with Gasteiger partial charge in [0.15, 0.2) is 0 Å². The van der Waals surface area contributed by atoms with Crippen molar-refractivity contribution in [2.24, 2.45) is 0 Å². The Morgan fingerprint density at radius 3 is 2.36 bits per heavy atom. The summed E-state index contributed by atoms with van der Waals surface area (Å²) in [4.78, 5) is 1.31. The van der Waals surface area contributed by atoms with Gasteiger partial charge in [-0.25, -0.2) is 0 Å². The fourth-order valence-electron chi connectivity index (χ4n) is 0.974. The van der Waals surface area contributed by atoms with E-state index in [0.29, 0.717) is 0 Å². The smallest absolute Gasteiger partial charge is 0.0438 e. The Kier molecular flexibility index (Phi) is 2.85. The summed E-state index contributed by atoms with van der Waals surface area (Å²) in [7, 11) is 0. The first kappa shape index (κ1) is 8.95. The lowest BCUT2D eigenvalue weighted by molar-refractivity contribution is 1.26. The van der Waals surface area contributed by atoms with Crippen molar-refractivity contribution in [1.82, 2.24) is 0 Å². The predicted octanol–water partition coefficient (Wildman–Crippen LogP) is 3.68. The lowest BCUT2D eigenvalue weighted by atomic mass is 10.2. The summed E-state index contributed by atoms with van der Waals surface area (Å²) in [6.07, 6.45) is 2.08. The molecule has 0 N–H and O–H groups in total. The molecule has 0 aliphatic rings. The van der Waals surface area contributed by atoms with Gasteiger partial charge >= 0.3 is 0 Å². The molecule has 0 saturated heterocycles. The van der Waals surface area contributed by atoms with Crippen LogP contribution in [0.15, 0.2) is 17.0 Å². The highest BCUT2D eigenvalue weighted by Crippen LogP contribution is 2.26. The first-order valence-corrected chi connectivity index (χ1v) is 5.06. The van der Waals surface area contributed by atoms with E-state index in [2.05, 4.69) is 19.2 Å². The minimum Gasteiger partial charge on any atom is -0.129 e. The molecule has 0 heterocycles. The van der Waals surface area contributed by atoms with E-state index in [-0.39, 0.29) is 0 Å². The Bertz CT molecular complexity index is 269. The van der Waals surface area contributed by atoms with Gasteiger partial charge in [0.25, 0.3) is 0 Å². The quantitative estimate of drug-likeness (QED) is 0.603. The van der Waals surface area contributed by atoms with Gasteiger partial charge in [-0.3, -0.25) is 0 Å². The first-order valence-electron chi connectivity index (χ1n) is 3.46. The van der Waals surface area contributed by atoms with Crippen LogP contribution in [0.25, 0.3) is 0 Å². The third-order valence-corrected chi connectivity index (χ3v) is 2.96. The van der Waals surface area contributed by atoms with E-state index in [1.165, 1.54) is 10.5 Å². The van der Waals surface area contributed by atoms with E-state index in [0.717, 1.165) is 10.6 Å². The van der Waals surface area contributed by atoms with Crippen LogP contribution in [-0.4, -0.2) is 6.26 Å². The molecule has 0 aliphatic carbocycles. The van der Waals surface area contributed by atoms with Crippen LogP contribution >= 0.6 is 23.4 Å². The third kappa shape index (κ3) is 1.91.